The quantitative estimate of drug-likeness (QED) is 0.0850. The van der Waals surface area contributed by atoms with Crippen molar-refractivity contribution in [2.75, 3.05) is 27.2 Å². The van der Waals surface area contributed by atoms with Crippen LogP contribution in [0, 0.1) is 0 Å². The van der Waals surface area contributed by atoms with Crippen molar-refractivity contribution in [2.24, 2.45) is 0 Å². The molecule has 1 aliphatic carbocycles. The molecule has 13 rings (SSSR count). The van der Waals surface area contributed by atoms with Crippen LogP contribution >= 0.6 is 0 Å². The number of hydrogen-bond donors (Lipinski definition) is 0. The molecule has 12 heteroatoms. The lowest BCUT2D eigenvalue weighted by atomic mass is 9.74. The fraction of sp³-hybridized carbons (Fsp3) is 0.235. The van der Waals surface area contributed by atoms with Gasteiger partial charge in [0.15, 0.2) is 25.1 Å². The average Bonchev–Trinajstić information content (AvgIpc) is 3.53. The molecule has 4 heterocycles. The predicted octanol–water partition coefficient (Wildman–Crippen LogP) is 13.2. The zero-order valence-electron chi connectivity index (χ0n) is 43.9. The highest BCUT2D eigenvalue weighted by molar-refractivity contribution is 5.91. The summed E-state index contributed by atoms with van der Waals surface area (Å²) < 4.78 is 53.2. The largest absolute Gasteiger partial charge is 0.456 e. The molecule has 8 aromatic rings. The zero-order valence-corrected chi connectivity index (χ0v) is 43.9. The van der Waals surface area contributed by atoms with Gasteiger partial charge in [0.25, 0.3) is 0 Å². The summed E-state index contributed by atoms with van der Waals surface area (Å²) in [5.74, 6) is 0.000960. The van der Waals surface area contributed by atoms with Gasteiger partial charge in [0.1, 0.15) is 46.0 Å². The number of ether oxygens (including phenoxy) is 8. The maximum absolute atomic E-state index is 14.1. The minimum Gasteiger partial charge on any atom is -0.456 e. The van der Waals surface area contributed by atoms with Gasteiger partial charge in [-0.25, -0.2) is 0 Å². The lowest BCUT2D eigenvalue weighted by molar-refractivity contribution is 0.0913. The second kappa shape index (κ2) is 21.9. The van der Waals surface area contributed by atoms with Crippen molar-refractivity contribution in [3.05, 3.63) is 235 Å². The number of hydrogen-bond acceptors (Lipinski definition) is 12. The Labute approximate surface area is 463 Å². The Morgan fingerprint density at radius 3 is 0.613 bits per heavy atom. The molecular weight excluding hydrogens is 1010 g/mol. The average molecular weight is 1070 g/mol. The molecule has 8 bridgehead atoms. The summed E-state index contributed by atoms with van der Waals surface area (Å²) in [4.78, 5) is 56.4. The molecule has 80 heavy (non-hydrogen) atoms. The Morgan fingerprint density at radius 2 is 0.450 bits per heavy atom. The Balaban J connectivity index is 1.18. The van der Waals surface area contributed by atoms with E-state index in [0.29, 0.717) is 95.9 Å². The highest BCUT2D eigenvalue weighted by atomic mass is 16.7. The number of carbonyl (C=O) groups excluding carboxylic acids is 4. The van der Waals surface area contributed by atoms with Crippen molar-refractivity contribution in [1.82, 2.24) is 0 Å². The zero-order chi connectivity index (χ0) is 54.1. The van der Waals surface area contributed by atoms with E-state index in [1.165, 1.54) is 0 Å². The highest BCUT2D eigenvalue weighted by Gasteiger charge is 2.42. The fourth-order valence-electron chi connectivity index (χ4n) is 13.0. The Bertz CT molecular complexity index is 3070. The van der Waals surface area contributed by atoms with E-state index in [0.717, 1.165) is 47.4 Å². The normalized spacial score (nSPS) is 17.7. The minimum absolute atomic E-state index is 0.184. The van der Waals surface area contributed by atoms with Crippen LogP contribution < -0.4 is 37.9 Å². The van der Waals surface area contributed by atoms with E-state index in [-0.39, 0.29) is 95.4 Å². The number of carbonyl (C=O) groups is 4. The molecule has 4 aliphatic heterocycles. The lowest BCUT2D eigenvalue weighted by Crippen LogP contribution is -2.25. The summed E-state index contributed by atoms with van der Waals surface area (Å²) in [7, 11) is 0. The van der Waals surface area contributed by atoms with E-state index in [1.807, 2.05) is 72.8 Å². The monoisotopic (exact) mass is 1060 g/mol. The second-order valence-electron chi connectivity index (χ2n) is 20.9. The van der Waals surface area contributed by atoms with Gasteiger partial charge in [0, 0.05) is 68.2 Å². The van der Waals surface area contributed by atoms with Gasteiger partial charge in [-0.1, -0.05) is 121 Å². The summed E-state index contributed by atoms with van der Waals surface area (Å²) >= 11 is 0. The fourth-order valence-corrected chi connectivity index (χ4v) is 13.0. The Kier molecular flexibility index (Phi) is 13.8. The predicted molar refractivity (Wildman–Crippen MR) is 298 cm³/mol. The standard InChI is InChI=1S/C68H56O12/c69-33-57-61-49-29-51-46(26-22-42-15-7-2-8-16-42)53-31-55-48(28-24-44-19-11-4-12-20-44)56-32-54-47(27-23-43-17-9-3-10-18-43)52-30-50(45(49)25-21-41-13-5-1-6-14-41)62(74-37-73-61)58(34-70)64(52)76-39-78-66(54)60(36-72)68(56)80-40-79-67(55)59(35-71)65(53)77-38-75-63(51)57/h1-20,29-36,45-48H,21-28,37-40H2. The van der Waals surface area contributed by atoms with Crippen LogP contribution in [0.3, 0.4) is 0 Å². The molecule has 0 fully saturated rings. The summed E-state index contributed by atoms with van der Waals surface area (Å²) in [5.41, 5.74) is 10.6. The molecule has 0 amide bonds. The van der Waals surface area contributed by atoms with Crippen molar-refractivity contribution >= 4 is 25.1 Å². The molecule has 0 saturated carbocycles. The molecule has 0 radical (unpaired) electrons. The first-order valence-electron chi connectivity index (χ1n) is 27.3. The molecule has 0 unspecified atom stereocenters. The Morgan fingerprint density at radius 1 is 0.275 bits per heavy atom. The first-order chi connectivity index (χ1) is 39.5. The van der Waals surface area contributed by atoms with Crippen molar-refractivity contribution in [3.8, 4) is 46.0 Å². The maximum Gasteiger partial charge on any atom is 0.230 e. The van der Waals surface area contributed by atoms with Gasteiger partial charge in [-0.3, -0.25) is 19.2 Å². The summed E-state index contributed by atoms with van der Waals surface area (Å²) in [5, 5.41) is 0. The van der Waals surface area contributed by atoms with Gasteiger partial charge in [-0.2, -0.15) is 0 Å². The molecule has 400 valence electrons. The molecule has 0 atom stereocenters. The first kappa shape index (κ1) is 50.4. The second-order valence-corrected chi connectivity index (χ2v) is 20.9. The summed E-state index contributed by atoms with van der Waals surface area (Å²) in [6.45, 7) is -1.48. The topological polar surface area (TPSA) is 142 Å². The van der Waals surface area contributed by atoms with Crippen LogP contribution in [0.15, 0.2) is 146 Å². The van der Waals surface area contributed by atoms with Crippen LogP contribution in [-0.4, -0.2) is 52.3 Å². The van der Waals surface area contributed by atoms with E-state index in [2.05, 4.69) is 72.8 Å². The van der Waals surface area contributed by atoms with Gasteiger partial charge in [-0.05, 0) is 97.9 Å². The van der Waals surface area contributed by atoms with Crippen LogP contribution in [0.25, 0.3) is 0 Å². The third-order valence-corrected chi connectivity index (χ3v) is 16.7. The molecule has 0 saturated heterocycles. The lowest BCUT2D eigenvalue weighted by Gasteiger charge is -2.36. The molecule has 0 spiro atoms. The van der Waals surface area contributed by atoms with Crippen LogP contribution in [-0.2, 0) is 25.7 Å². The number of benzene rings is 8. The van der Waals surface area contributed by atoms with E-state index < -0.39 is 23.7 Å². The highest BCUT2D eigenvalue weighted by Crippen LogP contribution is 2.58. The molecule has 0 N–H and O–H groups in total. The molecule has 12 nitrogen and oxygen atoms in total. The third-order valence-electron chi connectivity index (χ3n) is 16.7. The van der Waals surface area contributed by atoms with Gasteiger partial charge in [-0.15, -0.1) is 0 Å². The molecule has 8 aromatic carbocycles. The molecule has 0 aromatic heterocycles. The Hall–Kier alpha value is -9.16. The van der Waals surface area contributed by atoms with Crippen LogP contribution in [0.4, 0.5) is 0 Å². The van der Waals surface area contributed by atoms with E-state index in [1.54, 1.807) is 0 Å². The van der Waals surface area contributed by atoms with Gasteiger partial charge >= 0.3 is 0 Å². The van der Waals surface area contributed by atoms with E-state index in [4.69, 9.17) is 37.9 Å². The van der Waals surface area contributed by atoms with Crippen molar-refractivity contribution < 1.29 is 57.1 Å². The van der Waals surface area contributed by atoms with Crippen LogP contribution in [0.5, 0.6) is 46.0 Å². The summed E-state index contributed by atoms with van der Waals surface area (Å²) in [6.07, 6.45) is 7.42. The number of rotatable bonds is 16. The third kappa shape index (κ3) is 9.08. The van der Waals surface area contributed by atoms with Crippen molar-refractivity contribution in [2.45, 2.75) is 75.0 Å². The maximum atomic E-state index is 14.1. The van der Waals surface area contributed by atoms with Gasteiger partial charge in [0.05, 0.1) is 22.3 Å². The van der Waals surface area contributed by atoms with Gasteiger partial charge in [0.2, 0.25) is 27.2 Å². The number of aldehydes is 4. The molecule has 5 aliphatic rings. The smallest absolute Gasteiger partial charge is 0.230 e. The van der Waals surface area contributed by atoms with Crippen LogP contribution in [0.2, 0.25) is 0 Å². The van der Waals surface area contributed by atoms with E-state index >= 15 is 0 Å². The SMILES string of the molecule is O=Cc1c2c3cc4c1OCOc1c(cc5c(c1C=O)OCOc1c(cc6c(c1C=O)OCOc1c(cc(c(c1C=O)OCO2)C3CCc1ccccc1)C6CCc1ccccc1)C5CCc1ccccc1)C4CCc1ccccc1. The number of aryl methyl sites for hydroxylation is 4. The molecular formula is C68H56O12. The van der Waals surface area contributed by atoms with Crippen LogP contribution in [0.1, 0.15) is 158 Å². The first-order valence-corrected chi connectivity index (χ1v) is 27.3. The van der Waals surface area contributed by atoms with Gasteiger partial charge < -0.3 is 37.9 Å². The minimum atomic E-state index is -0.574. The summed E-state index contributed by atoms with van der Waals surface area (Å²) in [6, 6.07) is 49.1. The van der Waals surface area contributed by atoms with Crippen molar-refractivity contribution in [3.63, 3.8) is 0 Å². The van der Waals surface area contributed by atoms with Crippen molar-refractivity contribution in [1.29, 1.82) is 0 Å². The van der Waals surface area contributed by atoms with E-state index in [9.17, 15) is 19.2 Å².